The zero-order chi connectivity index (χ0) is 22.8. The smallest absolute Gasteiger partial charge is 0.290 e. The molecular formula is C19H19F2N5O4S. The van der Waals surface area contributed by atoms with Gasteiger partial charge in [0.15, 0.2) is 5.69 Å². The molecule has 0 saturated carbocycles. The summed E-state index contributed by atoms with van der Waals surface area (Å²) < 4.78 is 56.0. The van der Waals surface area contributed by atoms with E-state index >= 15 is 0 Å². The predicted octanol–water partition coefficient (Wildman–Crippen LogP) is 2.22. The van der Waals surface area contributed by atoms with Gasteiger partial charge in [-0.15, -0.1) is 9.90 Å². The molecule has 3 N–H and O–H groups in total. The third-order valence-electron chi connectivity index (χ3n) is 4.23. The highest BCUT2D eigenvalue weighted by Gasteiger charge is 2.29. The van der Waals surface area contributed by atoms with Crippen LogP contribution in [0.5, 0.6) is 5.75 Å². The SMILES string of the molecule is COc1ccc(CC(=O)Nc2ccc(-n3ncc(C(C)(F)F)n3)c(S(N)(=O)=O)c2)cc1. The van der Waals surface area contributed by atoms with E-state index in [1.165, 1.54) is 19.2 Å². The number of nitrogens with one attached hydrogen (secondary N) is 1. The van der Waals surface area contributed by atoms with Gasteiger partial charge in [0.1, 0.15) is 16.3 Å². The molecule has 1 amide bonds. The Hall–Kier alpha value is -3.38. The summed E-state index contributed by atoms with van der Waals surface area (Å²) in [6.45, 7) is 0.642. The van der Waals surface area contributed by atoms with E-state index in [1.807, 2.05) is 0 Å². The van der Waals surface area contributed by atoms with E-state index < -0.39 is 32.4 Å². The van der Waals surface area contributed by atoms with Crippen LogP contribution >= 0.6 is 0 Å². The van der Waals surface area contributed by atoms with Gasteiger partial charge in [0.05, 0.1) is 19.7 Å². The van der Waals surface area contributed by atoms with Gasteiger partial charge in [-0.1, -0.05) is 12.1 Å². The van der Waals surface area contributed by atoms with Gasteiger partial charge in [-0.3, -0.25) is 4.79 Å². The number of hydrogen-bond donors (Lipinski definition) is 2. The first-order valence-corrected chi connectivity index (χ1v) is 10.4. The molecule has 0 radical (unpaired) electrons. The Bertz CT molecular complexity index is 1200. The molecule has 0 bridgehead atoms. The number of carbonyl (C=O) groups excluding carboxylic acids is 1. The number of hydrogen-bond acceptors (Lipinski definition) is 6. The van der Waals surface area contributed by atoms with Crippen LogP contribution < -0.4 is 15.2 Å². The van der Waals surface area contributed by atoms with Crippen molar-refractivity contribution in [2.24, 2.45) is 5.14 Å². The van der Waals surface area contributed by atoms with E-state index in [2.05, 4.69) is 15.5 Å². The number of halogens is 2. The molecule has 0 fully saturated rings. The third kappa shape index (κ3) is 5.41. The number of primary sulfonamides is 1. The number of sulfonamides is 1. The number of carbonyl (C=O) groups is 1. The van der Waals surface area contributed by atoms with E-state index in [1.54, 1.807) is 24.3 Å². The van der Waals surface area contributed by atoms with Gasteiger partial charge < -0.3 is 10.1 Å². The second-order valence-electron chi connectivity index (χ2n) is 6.71. The number of alkyl halides is 2. The zero-order valence-corrected chi connectivity index (χ0v) is 17.4. The van der Waals surface area contributed by atoms with Crippen molar-refractivity contribution in [2.45, 2.75) is 24.2 Å². The molecule has 164 valence electrons. The summed E-state index contributed by atoms with van der Waals surface area (Å²) in [6, 6.07) is 10.6. The predicted molar refractivity (Wildman–Crippen MR) is 108 cm³/mol. The molecule has 0 atom stereocenters. The molecule has 0 saturated heterocycles. The Morgan fingerprint density at radius 2 is 1.90 bits per heavy atom. The summed E-state index contributed by atoms with van der Waals surface area (Å²) in [7, 11) is -2.76. The monoisotopic (exact) mass is 451 g/mol. The lowest BCUT2D eigenvalue weighted by Crippen LogP contribution is -2.19. The Morgan fingerprint density at radius 3 is 2.45 bits per heavy atom. The Balaban J connectivity index is 1.86. The van der Waals surface area contributed by atoms with E-state index in [0.717, 1.165) is 22.6 Å². The standard InChI is InChI=1S/C19H19F2N5O4S/c1-19(20,21)17-11-23-26(25-17)15-8-5-13(10-16(15)31(22,28)29)24-18(27)9-12-3-6-14(30-2)7-4-12/h3-8,10-11H,9H2,1-2H3,(H,24,27)(H2,22,28,29). The summed E-state index contributed by atoms with van der Waals surface area (Å²) in [4.78, 5) is 12.6. The van der Waals surface area contributed by atoms with Gasteiger partial charge in [0, 0.05) is 12.6 Å². The van der Waals surface area contributed by atoms with Crippen molar-refractivity contribution in [3.63, 3.8) is 0 Å². The number of anilines is 1. The van der Waals surface area contributed by atoms with Crippen LogP contribution in [0.15, 0.2) is 53.6 Å². The first-order chi connectivity index (χ1) is 14.5. The molecule has 9 nitrogen and oxygen atoms in total. The van der Waals surface area contributed by atoms with E-state index in [-0.39, 0.29) is 17.8 Å². The van der Waals surface area contributed by atoms with Crippen LogP contribution in [0.1, 0.15) is 18.2 Å². The quantitative estimate of drug-likeness (QED) is 0.567. The highest BCUT2D eigenvalue weighted by atomic mass is 32.2. The van der Waals surface area contributed by atoms with Crippen LogP contribution in [-0.2, 0) is 27.2 Å². The van der Waals surface area contributed by atoms with Gasteiger partial charge in [0.2, 0.25) is 15.9 Å². The van der Waals surface area contributed by atoms with Crippen LogP contribution in [-0.4, -0.2) is 36.4 Å². The van der Waals surface area contributed by atoms with Crippen molar-refractivity contribution in [3.8, 4) is 11.4 Å². The molecule has 12 heteroatoms. The Kier molecular flexibility index (Phi) is 6.04. The van der Waals surface area contributed by atoms with E-state index in [0.29, 0.717) is 12.7 Å². The number of amides is 1. The maximum atomic E-state index is 13.4. The second-order valence-corrected chi connectivity index (χ2v) is 8.24. The molecule has 3 aromatic rings. The third-order valence-corrected chi connectivity index (χ3v) is 5.17. The molecule has 31 heavy (non-hydrogen) atoms. The first-order valence-electron chi connectivity index (χ1n) is 8.88. The maximum Gasteiger partial charge on any atom is 0.290 e. The molecule has 2 aromatic carbocycles. The van der Waals surface area contributed by atoms with Crippen molar-refractivity contribution >= 4 is 21.6 Å². The maximum absolute atomic E-state index is 13.4. The molecule has 1 aromatic heterocycles. The molecular weight excluding hydrogens is 432 g/mol. The molecule has 1 heterocycles. The number of aromatic nitrogens is 3. The van der Waals surface area contributed by atoms with Gasteiger partial charge in [-0.2, -0.15) is 13.9 Å². The minimum absolute atomic E-state index is 0.0338. The van der Waals surface area contributed by atoms with Crippen LogP contribution in [0, 0.1) is 0 Å². The van der Waals surface area contributed by atoms with Crippen molar-refractivity contribution in [3.05, 3.63) is 59.9 Å². The molecule has 0 aliphatic rings. The fourth-order valence-electron chi connectivity index (χ4n) is 2.70. The van der Waals surface area contributed by atoms with Crippen LogP contribution in [0.3, 0.4) is 0 Å². The molecule has 3 rings (SSSR count). The number of nitrogens with zero attached hydrogens (tertiary/aromatic N) is 3. The van der Waals surface area contributed by atoms with Gasteiger partial charge in [-0.05, 0) is 35.9 Å². The van der Waals surface area contributed by atoms with Gasteiger partial charge >= 0.3 is 0 Å². The summed E-state index contributed by atoms with van der Waals surface area (Å²) in [5, 5.41) is 15.2. The van der Waals surface area contributed by atoms with Gasteiger partial charge in [0.25, 0.3) is 5.92 Å². The summed E-state index contributed by atoms with van der Waals surface area (Å²) >= 11 is 0. The average Bonchev–Trinajstić information content (AvgIpc) is 3.18. The zero-order valence-electron chi connectivity index (χ0n) is 16.5. The van der Waals surface area contributed by atoms with E-state index in [4.69, 9.17) is 9.88 Å². The van der Waals surface area contributed by atoms with Crippen LogP contribution in [0.2, 0.25) is 0 Å². The molecule has 0 spiro atoms. The van der Waals surface area contributed by atoms with Crippen molar-refractivity contribution in [1.29, 1.82) is 0 Å². The Labute approximate surface area is 176 Å². The number of nitrogens with two attached hydrogens (primary N) is 1. The topological polar surface area (TPSA) is 129 Å². The molecule has 0 aliphatic heterocycles. The lowest BCUT2D eigenvalue weighted by atomic mass is 10.1. The number of ether oxygens (including phenoxy) is 1. The lowest BCUT2D eigenvalue weighted by Gasteiger charge is -2.11. The summed E-state index contributed by atoms with van der Waals surface area (Å²) in [5.41, 5.74) is 0.103. The fourth-order valence-corrected chi connectivity index (χ4v) is 3.43. The lowest BCUT2D eigenvalue weighted by molar-refractivity contribution is -0.115. The van der Waals surface area contributed by atoms with Crippen molar-refractivity contribution < 1.29 is 26.7 Å². The Morgan fingerprint density at radius 1 is 1.23 bits per heavy atom. The van der Waals surface area contributed by atoms with Crippen LogP contribution in [0.25, 0.3) is 5.69 Å². The number of methoxy groups -OCH3 is 1. The first kappa shape index (κ1) is 22.3. The highest BCUT2D eigenvalue weighted by Crippen LogP contribution is 2.27. The largest absolute Gasteiger partial charge is 0.497 e. The number of benzene rings is 2. The van der Waals surface area contributed by atoms with Gasteiger partial charge in [-0.25, -0.2) is 13.6 Å². The highest BCUT2D eigenvalue weighted by molar-refractivity contribution is 7.89. The minimum atomic E-state index is -4.29. The van der Waals surface area contributed by atoms with Crippen molar-refractivity contribution in [1.82, 2.24) is 15.0 Å². The van der Waals surface area contributed by atoms with E-state index in [9.17, 15) is 22.0 Å². The van der Waals surface area contributed by atoms with Crippen LogP contribution in [0.4, 0.5) is 14.5 Å². The summed E-state index contributed by atoms with van der Waals surface area (Å²) in [6.07, 6.45) is 0.865. The molecule has 0 aliphatic carbocycles. The minimum Gasteiger partial charge on any atom is -0.497 e. The molecule has 0 unspecified atom stereocenters. The van der Waals surface area contributed by atoms with Crippen molar-refractivity contribution in [2.75, 3.05) is 12.4 Å². The summed E-state index contributed by atoms with van der Waals surface area (Å²) in [5.74, 6) is -3.01. The number of rotatable bonds is 7. The second kappa shape index (κ2) is 8.40. The average molecular weight is 451 g/mol. The normalized spacial score (nSPS) is 11.9. The fraction of sp³-hybridized carbons (Fsp3) is 0.211.